The number of nitrogens with one attached hydrogen (secondary N) is 1. The molecule has 1 aromatic heterocycles. The van der Waals surface area contributed by atoms with Gasteiger partial charge in [-0.1, -0.05) is 0 Å². The normalized spacial score (nSPS) is 9.59. The van der Waals surface area contributed by atoms with Gasteiger partial charge in [0.15, 0.2) is 0 Å². The maximum Gasteiger partial charge on any atom is 0.316 e. The minimum atomic E-state index is -0.602. The molecule has 0 aliphatic heterocycles. The maximum atomic E-state index is 11.4. The Hall–Kier alpha value is -2.18. The summed E-state index contributed by atoms with van der Waals surface area (Å²) < 4.78 is 9.20. The van der Waals surface area contributed by atoms with Gasteiger partial charge in [-0.25, -0.2) is 4.98 Å². The number of nitrogens with zero attached hydrogens (tertiary/aromatic N) is 2. The predicted octanol–water partition coefficient (Wildman–Crippen LogP) is 0.295. The molecule has 1 N–H and O–H groups in total. The van der Waals surface area contributed by atoms with E-state index < -0.39 is 11.9 Å². The number of rotatable bonds is 4. The summed E-state index contributed by atoms with van der Waals surface area (Å²) in [6.45, 7) is 1.69. The van der Waals surface area contributed by atoms with E-state index >= 15 is 0 Å². The number of esters is 1. The third-order valence-corrected chi connectivity index (χ3v) is 1.95. The minimum Gasteiger partial charge on any atom is -0.469 e. The molecule has 0 spiro atoms. The standard InChI is InChI=1S/C10H13N3O4/c1-6-7(5-11-10(12-6)17-3)13-8(14)4-9(15)16-2/h5H,4H2,1-3H3,(H,13,14). The quantitative estimate of drug-likeness (QED) is 0.600. The van der Waals surface area contributed by atoms with Crippen molar-refractivity contribution in [1.82, 2.24) is 9.97 Å². The fourth-order valence-corrected chi connectivity index (χ4v) is 1.06. The summed E-state index contributed by atoms with van der Waals surface area (Å²) in [6, 6.07) is 0.216. The highest BCUT2D eigenvalue weighted by molar-refractivity contribution is 6.01. The number of hydrogen-bond donors (Lipinski definition) is 1. The first-order chi connectivity index (χ1) is 8.06. The Morgan fingerprint density at radius 1 is 1.41 bits per heavy atom. The summed E-state index contributed by atoms with van der Waals surface area (Å²) >= 11 is 0. The molecule has 0 aliphatic rings. The lowest BCUT2D eigenvalue weighted by Gasteiger charge is -2.07. The van der Waals surface area contributed by atoms with Gasteiger partial charge in [-0.15, -0.1) is 0 Å². The Bertz CT molecular complexity index is 434. The molecule has 0 saturated heterocycles. The van der Waals surface area contributed by atoms with Crippen LogP contribution < -0.4 is 10.1 Å². The van der Waals surface area contributed by atoms with Gasteiger partial charge in [-0.05, 0) is 6.92 Å². The minimum absolute atomic E-state index is 0.216. The Morgan fingerprint density at radius 2 is 2.12 bits per heavy atom. The third-order valence-electron chi connectivity index (χ3n) is 1.95. The summed E-state index contributed by atoms with van der Waals surface area (Å²) in [5.74, 6) is -1.08. The number of carbonyl (C=O) groups excluding carboxylic acids is 2. The third kappa shape index (κ3) is 3.71. The van der Waals surface area contributed by atoms with Gasteiger partial charge < -0.3 is 14.8 Å². The molecule has 0 unspecified atom stereocenters. The fourth-order valence-electron chi connectivity index (χ4n) is 1.06. The van der Waals surface area contributed by atoms with Crippen LogP contribution in [0.2, 0.25) is 0 Å². The second kappa shape index (κ2) is 5.78. The predicted molar refractivity (Wildman–Crippen MR) is 58.6 cm³/mol. The van der Waals surface area contributed by atoms with Crippen LogP contribution in [0.25, 0.3) is 0 Å². The topological polar surface area (TPSA) is 90.4 Å². The van der Waals surface area contributed by atoms with Gasteiger partial charge in [0.1, 0.15) is 6.42 Å². The number of anilines is 1. The number of hydrogen-bond acceptors (Lipinski definition) is 6. The van der Waals surface area contributed by atoms with E-state index in [1.54, 1.807) is 6.92 Å². The van der Waals surface area contributed by atoms with Crippen molar-refractivity contribution in [3.05, 3.63) is 11.9 Å². The number of aromatic nitrogens is 2. The highest BCUT2D eigenvalue weighted by Crippen LogP contribution is 2.13. The van der Waals surface area contributed by atoms with Crippen molar-refractivity contribution < 1.29 is 19.1 Å². The van der Waals surface area contributed by atoms with E-state index in [0.29, 0.717) is 11.4 Å². The highest BCUT2D eigenvalue weighted by atomic mass is 16.5. The van der Waals surface area contributed by atoms with Gasteiger partial charge in [0.05, 0.1) is 31.8 Å². The van der Waals surface area contributed by atoms with Crippen molar-refractivity contribution in [1.29, 1.82) is 0 Å². The highest BCUT2D eigenvalue weighted by Gasteiger charge is 2.11. The second-order valence-corrected chi connectivity index (χ2v) is 3.16. The van der Waals surface area contributed by atoms with Crippen molar-refractivity contribution >= 4 is 17.6 Å². The molecule has 0 aliphatic carbocycles. The zero-order valence-electron chi connectivity index (χ0n) is 9.81. The summed E-state index contributed by atoms with van der Waals surface area (Å²) in [4.78, 5) is 30.1. The van der Waals surface area contributed by atoms with Gasteiger partial charge in [0.25, 0.3) is 0 Å². The molecule has 0 aromatic carbocycles. The molecule has 0 atom stereocenters. The van der Waals surface area contributed by atoms with Crippen LogP contribution in [0.5, 0.6) is 6.01 Å². The number of ether oxygens (including phenoxy) is 2. The fraction of sp³-hybridized carbons (Fsp3) is 0.400. The van der Waals surface area contributed by atoms with Gasteiger partial charge >= 0.3 is 12.0 Å². The Balaban J connectivity index is 2.68. The zero-order valence-corrected chi connectivity index (χ0v) is 9.81. The van der Waals surface area contributed by atoms with Crippen molar-refractivity contribution in [2.75, 3.05) is 19.5 Å². The van der Waals surface area contributed by atoms with Crippen LogP contribution in [-0.4, -0.2) is 36.1 Å². The Kier molecular flexibility index (Phi) is 4.38. The van der Waals surface area contributed by atoms with Crippen molar-refractivity contribution in [2.24, 2.45) is 0 Å². The molecular formula is C10H13N3O4. The number of methoxy groups -OCH3 is 2. The molecule has 7 heteroatoms. The van der Waals surface area contributed by atoms with Gasteiger partial charge in [0.2, 0.25) is 5.91 Å². The average molecular weight is 239 g/mol. The lowest BCUT2D eigenvalue weighted by molar-refractivity contribution is -0.142. The number of carbonyl (C=O) groups is 2. The largest absolute Gasteiger partial charge is 0.469 e. The molecular weight excluding hydrogens is 226 g/mol. The first-order valence-electron chi connectivity index (χ1n) is 4.81. The molecule has 1 aromatic rings. The van der Waals surface area contributed by atoms with Crippen LogP contribution in [0.4, 0.5) is 5.69 Å². The van der Waals surface area contributed by atoms with Crippen molar-refractivity contribution in [3.63, 3.8) is 0 Å². The first-order valence-corrected chi connectivity index (χ1v) is 4.81. The van der Waals surface area contributed by atoms with E-state index in [0.717, 1.165) is 0 Å². The number of aryl methyl sites for hydroxylation is 1. The average Bonchev–Trinajstić information content (AvgIpc) is 2.31. The molecule has 0 radical (unpaired) electrons. The van der Waals surface area contributed by atoms with E-state index in [9.17, 15) is 9.59 Å². The molecule has 7 nitrogen and oxygen atoms in total. The van der Waals surface area contributed by atoms with E-state index in [-0.39, 0.29) is 12.4 Å². The number of amides is 1. The van der Waals surface area contributed by atoms with Crippen LogP contribution in [0.3, 0.4) is 0 Å². The summed E-state index contributed by atoms with van der Waals surface area (Å²) in [5, 5.41) is 2.51. The lowest BCUT2D eigenvalue weighted by atomic mass is 10.3. The smallest absolute Gasteiger partial charge is 0.316 e. The molecule has 0 saturated carbocycles. The zero-order chi connectivity index (χ0) is 12.8. The van der Waals surface area contributed by atoms with Crippen LogP contribution >= 0.6 is 0 Å². The summed E-state index contributed by atoms with van der Waals surface area (Å²) in [7, 11) is 2.67. The van der Waals surface area contributed by atoms with Crippen LogP contribution in [-0.2, 0) is 14.3 Å². The SMILES string of the molecule is COC(=O)CC(=O)Nc1cnc(OC)nc1C. The van der Waals surface area contributed by atoms with Crippen LogP contribution in [0.15, 0.2) is 6.20 Å². The Labute approximate surface area is 98.2 Å². The first kappa shape index (κ1) is 12.9. The van der Waals surface area contributed by atoms with Crippen molar-refractivity contribution in [3.8, 4) is 6.01 Å². The molecule has 1 amide bonds. The molecule has 1 heterocycles. The van der Waals surface area contributed by atoms with E-state index in [1.807, 2.05) is 0 Å². The lowest BCUT2D eigenvalue weighted by Crippen LogP contribution is -2.18. The monoisotopic (exact) mass is 239 g/mol. The molecule has 0 bridgehead atoms. The van der Waals surface area contributed by atoms with E-state index in [4.69, 9.17) is 4.74 Å². The second-order valence-electron chi connectivity index (χ2n) is 3.16. The van der Waals surface area contributed by atoms with E-state index in [1.165, 1.54) is 20.4 Å². The molecule has 1 rings (SSSR count). The Morgan fingerprint density at radius 3 is 2.65 bits per heavy atom. The van der Waals surface area contributed by atoms with Crippen LogP contribution in [0, 0.1) is 6.92 Å². The van der Waals surface area contributed by atoms with Gasteiger partial charge in [0, 0.05) is 0 Å². The van der Waals surface area contributed by atoms with Gasteiger partial charge in [-0.3, -0.25) is 9.59 Å². The maximum absolute atomic E-state index is 11.4. The molecule has 0 fully saturated rings. The van der Waals surface area contributed by atoms with Gasteiger partial charge in [-0.2, -0.15) is 4.98 Å². The summed E-state index contributed by atoms with van der Waals surface area (Å²) in [6.07, 6.45) is 1.07. The molecule has 92 valence electrons. The van der Waals surface area contributed by atoms with Crippen molar-refractivity contribution in [2.45, 2.75) is 13.3 Å². The molecule has 17 heavy (non-hydrogen) atoms. The van der Waals surface area contributed by atoms with E-state index in [2.05, 4.69) is 20.0 Å². The summed E-state index contributed by atoms with van der Waals surface area (Å²) in [5.41, 5.74) is 0.981. The van der Waals surface area contributed by atoms with Crippen LogP contribution in [0.1, 0.15) is 12.1 Å².